The summed E-state index contributed by atoms with van der Waals surface area (Å²) in [6.45, 7) is 11.6. The van der Waals surface area contributed by atoms with Crippen molar-refractivity contribution in [3.05, 3.63) is 11.6 Å². The number of rotatable bonds is 5. The van der Waals surface area contributed by atoms with Crippen molar-refractivity contribution in [1.82, 2.24) is 25.4 Å². The number of halogens is 1. The van der Waals surface area contributed by atoms with Crippen molar-refractivity contribution in [3.8, 4) is 0 Å². The molecule has 26 heavy (non-hydrogen) atoms. The highest BCUT2D eigenvalue weighted by Crippen LogP contribution is 2.37. The number of aliphatic imine (C=N–C) groups is 1. The summed E-state index contributed by atoms with van der Waals surface area (Å²) in [7, 11) is 0. The van der Waals surface area contributed by atoms with Crippen molar-refractivity contribution in [2.24, 2.45) is 10.4 Å². The standard InChI is InChI=1S/C19H34N6.HI/c1-5-20-18(21-13-19(4)10-6-7-11-19)22-15-8-9-16-23-24-17(14(2)3)25(16)12-15;/h14-15H,5-13H2,1-4H3,(H2,20,21,22);1H. The predicted octanol–water partition coefficient (Wildman–Crippen LogP) is 3.47. The Morgan fingerprint density at radius 1 is 1.31 bits per heavy atom. The van der Waals surface area contributed by atoms with Gasteiger partial charge in [0.2, 0.25) is 0 Å². The van der Waals surface area contributed by atoms with Gasteiger partial charge < -0.3 is 15.2 Å². The predicted molar refractivity (Wildman–Crippen MR) is 117 cm³/mol. The average Bonchev–Trinajstić information content (AvgIpc) is 3.19. The smallest absolute Gasteiger partial charge is 0.191 e. The molecule has 6 nitrogen and oxygen atoms in total. The monoisotopic (exact) mass is 474 g/mol. The van der Waals surface area contributed by atoms with Crippen LogP contribution in [0.2, 0.25) is 0 Å². The van der Waals surface area contributed by atoms with E-state index in [1.807, 2.05) is 0 Å². The fraction of sp³-hybridized carbons (Fsp3) is 0.842. The van der Waals surface area contributed by atoms with Gasteiger partial charge in [0.15, 0.2) is 5.96 Å². The summed E-state index contributed by atoms with van der Waals surface area (Å²) >= 11 is 0. The summed E-state index contributed by atoms with van der Waals surface area (Å²) < 4.78 is 2.30. The zero-order valence-corrected chi connectivity index (χ0v) is 19.0. The Kier molecular flexibility index (Phi) is 7.73. The number of nitrogens with zero attached hydrogens (tertiary/aromatic N) is 4. The molecule has 0 aromatic carbocycles. The van der Waals surface area contributed by atoms with Crippen molar-refractivity contribution in [2.75, 3.05) is 13.1 Å². The van der Waals surface area contributed by atoms with Gasteiger partial charge >= 0.3 is 0 Å². The van der Waals surface area contributed by atoms with Crippen LogP contribution < -0.4 is 10.6 Å². The first kappa shape index (κ1) is 21.4. The van der Waals surface area contributed by atoms with E-state index in [-0.39, 0.29) is 24.0 Å². The SMILES string of the molecule is CCNC(=NCC1(C)CCCC1)NC1CCc2nnc(C(C)C)n2C1.I. The number of hydrogen-bond acceptors (Lipinski definition) is 3. The molecule has 3 rings (SSSR count). The summed E-state index contributed by atoms with van der Waals surface area (Å²) in [5.41, 5.74) is 0.390. The van der Waals surface area contributed by atoms with Gasteiger partial charge in [-0.15, -0.1) is 34.2 Å². The molecule has 1 aromatic rings. The van der Waals surface area contributed by atoms with E-state index in [1.54, 1.807) is 0 Å². The maximum atomic E-state index is 4.92. The van der Waals surface area contributed by atoms with Crippen molar-refractivity contribution >= 4 is 29.9 Å². The van der Waals surface area contributed by atoms with Crippen LogP contribution in [-0.4, -0.2) is 39.9 Å². The number of hydrogen-bond donors (Lipinski definition) is 2. The van der Waals surface area contributed by atoms with E-state index in [1.165, 1.54) is 25.7 Å². The molecule has 0 radical (unpaired) electrons. The van der Waals surface area contributed by atoms with Crippen LogP contribution in [0.25, 0.3) is 0 Å². The lowest BCUT2D eigenvalue weighted by molar-refractivity contribution is 0.349. The van der Waals surface area contributed by atoms with Gasteiger partial charge in [-0.2, -0.15) is 0 Å². The summed E-state index contributed by atoms with van der Waals surface area (Å²) in [6.07, 6.45) is 7.38. The Morgan fingerprint density at radius 3 is 2.69 bits per heavy atom. The topological polar surface area (TPSA) is 67.1 Å². The van der Waals surface area contributed by atoms with E-state index in [4.69, 9.17) is 4.99 Å². The molecule has 1 aliphatic carbocycles. The van der Waals surface area contributed by atoms with Crippen LogP contribution in [0.1, 0.15) is 77.4 Å². The first-order chi connectivity index (χ1) is 12.0. The normalized spacial score (nSPS) is 22.0. The lowest BCUT2D eigenvalue weighted by atomic mass is 9.89. The third-order valence-electron chi connectivity index (χ3n) is 5.61. The molecular formula is C19H35IN6. The molecule has 0 saturated heterocycles. The number of nitrogens with one attached hydrogen (secondary N) is 2. The third-order valence-corrected chi connectivity index (χ3v) is 5.61. The first-order valence-corrected chi connectivity index (χ1v) is 9.97. The lowest BCUT2D eigenvalue weighted by Gasteiger charge is -2.28. The fourth-order valence-corrected chi connectivity index (χ4v) is 4.06. The van der Waals surface area contributed by atoms with E-state index in [0.717, 1.165) is 50.1 Å². The number of aromatic nitrogens is 3. The molecule has 0 spiro atoms. The highest BCUT2D eigenvalue weighted by Gasteiger charge is 2.29. The second-order valence-corrected chi connectivity index (χ2v) is 8.33. The zero-order valence-electron chi connectivity index (χ0n) is 16.7. The van der Waals surface area contributed by atoms with Crippen molar-refractivity contribution < 1.29 is 0 Å². The molecule has 1 unspecified atom stereocenters. The minimum Gasteiger partial charge on any atom is -0.357 e. The van der Waals surface area contributed by atoms with Gasteiger partial charge in [-0.05, 0) is 31.6 Å². The van der Waals surface area contributed by atoms with E-state index in [0.29, 0.717) is 17.4 Å². The molecular weight excluding hydrogens is 439 g/mol. The van der Waals surface area contributed by atoms with Crippen LogP contribution in [0.15, 0.2) is 4.99 Å². The molecule has 1 aliphatic heterocycles. The molecule has 1 saturated carbocycles. The number of aryl methyl sites for hydroxylation is 1. The van der Waals surface area contributed by atoms with Gasteiger partial charge in [0.05, 0.1) is 0 Å². The minimum atomic E-state index is 0. The average molecular weight is 474 g/mol. The van der Waals surface area contributed by atoms with Crippen molar-refractivity contribution in [3.63, 3.8) is 0 Å². The van der Waals surface area contributed by atoms with Crippen molar-refractivity contribution in [2.45, 2.75) is 84.7 Å². The number of fused-ring (bicyclic) bond motifs is 1. The molecule has 1 aromatic heterocycles. The molecule has 2 aliphatic rings. The molecule has 148 valence electrons. The first-order valence-electron chi connectivity index (χ1n) is 9.97. The largest absolute Gasteiger partial charge is 0.357 e. The second-order valence-electron chi connectivity index (χ2n) is 8.33. The third kappa shape index (κ3) is 5.10. The van der Waals surface area contributed by atoms with Gasteiger partial charge in [0.1, 0.15) is 11.6 Å². The van der Waals surface area contributed by atoms with Crippen LogP contribution in [0.5, 0.6) is 0 Å². The zero-order chi connectivity index (χ0) is 17.9. The maximum absolute atomic E-state index is 4.92. The van der Waals surface area contributed by atoms with Crippen LogP contribution in [0.4, 0.5) is 0 Å². The quantitative estimate of drug-likeness (QED) is 0.390. The maximum Gasteiger partial charge on any atom is 0.191 e. The molecule has 0 bridgehead atoms. The summed E-state index contributed by atoms with van der Waals surface area (Å²) in [5.74, 6) is 3.59. The van der Waals surface area contributed by atoms with Gasteiger partial charge in [-0.3, -0.25) is 4.99 Å². The lowest BCUT2D eigenvalue weighted by Crippen LogP contribution is -2.47. The minimum absolute atomic E-state index is 0. The van der Waals surface area contributed by atoms with Crippen LogP contribution >= 0.6 is 24.0 Å². The molecule has 2 heterocycles. The molecule has 1 fully saturated rings. The van der Waals surface area contributed by atoms with Crippen LogP contribution in [0, 0.1) is 5.41 Å². The Bertz CT molecular complexity index is 603. The van der Waals surface area contributed by atoms with E-state index >= 15 is 0 Å². The Hall–Kier alpha value is -0.860. The van der Waals surface area contributed by atoms with Gasteiger partial charge in [0, 0.05) is 38.0 Å². The Labute approximate surface area is 175 Å². The van der Waals surface area contributed by atoms with Crippen LogP contribution in [-0.2, 0) is 13.0 Å². The molecule has 7 heteroatoms. The second kappa shape index (κ2) is 9.37. The molecule has 1 atom stereocenters. The van der Waals surface area contributed by atoms with Crippen molar-refractivity contribution in [1.29, 1.82) is 0 Å². The van der Waals surface area contributed by atoms with Gasteiger partial charge in [-0.1, -0.05) is 33.6 Å². The van der Waals surface area contributed by atoms with E-state index in [9.17, 15) is 0 Å². The number of guanidine groups is 1. The van der Waals surface area contributed by atoms with E-state index < -0.39 is 0 Å². The van der Waals surface area contributed by atoms with Gasteiger partial charge in [-0.25, -0.2) is 0 Å². The summed E-state index contributed by atoms with van der Waals surface area (Å²) in [5, 5.41) is 15.8. The summed E-state index contributed by atoms with van der Waals surface area (Å²) in [4.78, 5) is 4.92. The Balaban J connectivity index is 0.00000243. The highest BCUT2D eigenvalue weighted by atomic mass is 127. The molecule has 2 N–H and O–H groups in total. The van der Waals surface area contributed by atoms with E-state index in [2.05, 4.69) is 53.1 Å². The highest BCUT2D eigenvalue weighted by molar-refractivity contribution is 14.0. The van der Waals surface area contributed by atoms with Crippen LogP contribution in [0.3, 0.4) is 0 Å². The van der Waals surface area contributed by atoms with Gasteiger partial charge in [0.25, 0.3) is 0 Å². The molecule has 0 amide bonds. The summed E-state index contributed by atoms with van der Waals surface area (Å²) in [6, 6.07) is 0.384. The fourth-order valence-electron chi connectivity index (χ4n) is 4.06. The Morgan fingerprint density at radius 2 is 2.04 bits per heavy atom.